The van der Waals surface area contributed by atoms with Crippen LogP contribution in [0.3, 0.4) is 0 Å². The first-order valence-electron chi connectivity index (χ1n) is 23.2. The summed E-state index contributed by atoms with van der Waals surface area (Å²) in [5.74, 6) is 0. The maximum Gasteiger partial charge on any atom is 0.0725 e. The van der Waals surface area contributed by atoms with Crippen molar-refractivity contribution >= 4 is 38.6 Å². The molecule has 0 aliphatic heterocycles. The van der Waals surface area contributed by atoms with E-state index in [2.05, 4.69) is 246 Å². The van der Waals surface area contributed by atoms with Gasteiger partial charge in [-0.2, -0.15) is 0 Å². The van der Waals surface area contributed by atoms with Gasteiger partial charge in [0.2, 0.25) is 0 Å². The standard InChI is InChI=1S/C64H49N/c1-62(2,3)51-36-38-58(47-25-9-8-23-45(47)51)65(59-37-33-40-19-6-7-20-42(40)61(59)49-27-18-32-57-60(49)48-26-13-14-28-52(48)63(57,4)5)41-34-35-56-50(39-41)46-24-12-17-31-55(46)64(56)53-29-15-10-21-43(53)44-22-11-16-30-54(44)64/h6-39H,1-5H3. The summed E-state index contributed by atoms with van der Waals surface area (Å²) in [5, 5.41) is 4.99. The minimum Gasteiger partial charge on any atom is -0.309 e. The van der Waals surface area contributed by atoms with Gasteiger partial charge in [-0.3, -0.25) is 0 Å². The molecule has 0 radical (unpaired) electrons. The molecule has 1 heteroatoms. The maximum atomic E-state index is 2.59. The lowest BCUT2D eigenvalue weighted by atomic mass is 9.70. The fraction of sp³-hybridized carbons (Fsp3) is 0.125. The van der Waals surface area contributed by atoms with Gasteiger partial charge in [0.1, 0.15) is 0 Å². The summed E-state index contributed by atoms with van der Waals surface area (Å²) in [7, 11) is 0. The highest BCUT2D eigenvalue weighted by atomic mass is 15.1. The zero-order valence-corrected chi connectivity index (χ0v) is 37.6. The van der Waals surface area contributed by atoms with Crippen LogP contribution in [0.4, 0.5) is 17.1 Å². The Morgan fingerprint density at radius 3 is 1.54 bits per heavy atom. The summed E-state index contributed by atoms with van der Waals surface area (Å²) >= 11 is 0. The monoisotopic (exact) mass is 831 g/mol. The minimum atomic E-state index is -0.414. The minimum absolute atomic E-state index is 0.0404. The Labute approximate surface area is 382 Å². The van der Waals surface area contributed by atoms with Crippen LogP contribution < -0.4 is 4.90 Å². The number of rotatable bonds is 4. The third-order valence-corrected chi connectivity index (χ3v) is 15.2. The molecule has 0 heterocycles. The van der Waals surface area contributed by atoms with E-state index in [0.29, 0.717) is 0 Å². The lowest BCUT2D eigenvalue weighted by Gasteiger charge is -2.33. The molecule has 10 aromatic carbocycles. The smallest absolute Gasteiger partial charge is 0.0725 e. The zero-order chi connectivity index (χ0) is 43.8. The Hall–Kier alpha value is -7.48. The molecular weight excluding hydrogens is 783 g/mol. The summed E-state index contributed by atoms with van der Waals surface area (Å²) in [6, 6.07) is 78.3. The van der Waals surface area contributed by atoms with E-state index in [1.807, 2.05) is 0 Å². The number of nitrogens with zero attached hydrogens (tertiary/aromatic N) is 1. The number of fused-ring (bicyclic) bond motifs is 15. The summed E-state index contributed by atoms with van der Waals surface area (Å²) < 4.78 is 0. The molecule has 0 N–H and O–H groups in total. The average molecular weight is 832 g/mol. The summed E-state index contributed by atoms with van der Waals surface area (Å²) in [5.41, 5.74) is 22.8. The maximum absolute atomic E-state index is 2.59. The molecule has 3 aliphatic rings. The molecule has 0 atom stereocenters. The Bertz CT molecular complexity index is 3590. The first-order chi connectivity index (χ1) is 31.7. The Balaban J connectivity index is 1.14. The summed E-state index contributed by atoms with van der Waals surface area (Å²) in [6.45, 7) is 11.8. The molecule has 0 amide bonds. The van der Waals surface area contributed by atoms with E-state index in [1.54, 1.807) is 0 Å². The van der Waals surface area contributed by atoms with Crippen molar-refractivity contribution in [3.05, 3.63) is 245 Å². The highest BCUT2D eigenvalue weighted by Crippen LogP contribution is 2.64. The van der Waals surface area contributed by atoms with Crippen LogP contribution >= 0.6 is 0 Å². The normalized spacial score (nSPS) is 14.5. The third kappa shape index (κ3) is 5.10. The average Bonchev–Trinajstić information content (AvgIpc) is 3.89. The first kappa shape index (κ1) is 38.0. The van der Waals surface area contributed by atoms with Crippen LogP contribution in [0.1, 0.15) is 73.6 Å². The van der Waals surface area contributed by atoms with Crippen molar-refractivity contribution in [3.63, 3.8) is 0 Å². The fourth-order valence-corrected chi connectivity index (χ4v) is 12.5. The van der Waals surface area contributed by atoms with Gasteiger partial charge in [-0.1, -0.05) is 217 Å². The molecule has 65 heavy (non-hydrogen) atoms. The second kappa shape index (κ2) is 13.5. The molecule has 3 aliphatic carbocycles. The van der Waals surface area contributed by atoms with Gasteiger partial charge in [-0.25, -0.2) is 0 Å². The van der Waals surface area contributed by atoms with E-state index in [4.69, 9.17) is 0 Å². The fourth-order valence-electron chi connectivity index (χ4n) is 12.5. The highest BCUT2D eigenvalue weighted by Gasteiger charge is 2.51. The molecule has 0 saturated carbocycles. The molecule has 0 fully saturated rings. The molecule has 0 unspecified atom stereocenters. The van der Waals surface area contributed by atoms with Gasteiger partial charge in [0.25, 0.3) is 0 Å². The first-order valence-corrected chi connectivity index (χ1v) is 23.2. The van der Waals surface area contributed by atoms with Gasteiger partial charge >= 0.3 is 0 Å². The van der Waals surface area contributed by atoms with Crippen molar-refractivity contribution in [2.75, 3.05) is 4.90 Å². The second-order valence-corrected chi connectivity index (χ2v) is 20.0. The number of hydrogen-bond acceptors (Lipinski definition) is 1. The van der Waals surface area contributed by atoms with Gasteiger partial charge in [0.05, 0.1) is 16.8 Å². The molecule has 13 rings (SSSR count). The summed E-state index contributed by atoms with van der Waals surface area (Å²) in [6.07, 6.45) is 0. The molecule has 1 nitrogen and oxygen atoms in total. The predicted octanol–water partition coefficient (Wildman–Crippen LogP) is 17.1. The van der Waals surface area contributed by atoms with Crippen molar-refractivity contribution in [2.45, 2.75) is 50.9 Å². The Morgan fingerprint density at radius 1 is 0.354 bits per heavy atom. The largest absolute Gasteiger partial charge is 0.309 e. The SMILES string of the molecule is CC(C)(C)c1ccc(N(c2ccc3c(c2)-c2ccccc2C32c3ccccc3-c3ccccc32)c2ccc3ccccc3c2-c2cccc3c2-c2ccccc2C3(C)C)c2ccccc12. The Morgan fingerprint density at radius 2 is 0.862 bits per heavy atom. The number of hydrogen-bond donors (Lipinski definition) is 0. The van der Waals surface area contributed by atoms with Gasteiger partial charge in [0.15, 0.2) is 0 Å². The van der Waals surface area contributed by atoms with E-state index in [-0.39, 0.29) is 10.8 Å². The predicted molar refractivity (Wildman–Crippen MR) is 274 cm³/mol. The molecule has 0 saturated heterocycles. The van der Waals surface area contributed by atoms with Crippen molar-refractivity contribution < 1.29 is 0 Å². The van der Waals surface area contributed by atoms with Gasteiger partial charge < -0.3 is 4.90 Å². The van der Waals surface area contributed by atoms with E-state index in [0.717, 1.165) is 17.1 Å². The van der Waals surface area contributed by atoms with Crippen LogP contribution in [0, 0.1) is 0 Å². The van der Waals surface area contributed by atoms with Crippen molar-refractivity contribution in [3.8, 4) is 44.5 Å². The van der Waals surface area contributed by atoms with Gasteiger partial charge in [0, 0.05) is 22.1 Å². The van der Waals surface area contributed by atoms with Crippen LogP contribution in [0.2, 0.25) is 0 Å². The van der Waals surface area contributed by atoms with E-state index in [9.17, 15) is 0 Å². The molecular formula is C64H49N. The van der Waals surface area contributed by atoms with Crippen LogP contribution in [0.25, 0.3) is 66.1 Å². The van der Waals surface area contributed by atoms with Crippen molar-refractivity contribution in [1.29, 1.82) is 0 Å². The molecule has 0 aromatic heterocycles. The van der Waals surface area contributed by atoms with Crippen LogP contribution in [-0.2, 0) is 16.2 Å². The molecule has 1 spiro atoms. The number of benzene rings is 10. The van der Waals surface area contributed by atoms with E-state index < -0.39 is 5.41 Å². The zero-order valence-electron chi connectivity index (χ0n) is 37.6. The summed E-state index contributed by atoms with van der Waals surface area (Å²) in [4.78, 5) is 2.59. The van der Waals surface area contributed by atoms with Crippen LogP contribution in [0.5, 0.6) is 0 Å². The highest BCUT2D eigenvalue weighted by molar-refractivity contribution is 6.12. The van der Waals surface area contributed by atoms with Crippen LogP contribution in [0.15, 0.2) is 206 Å². The van der Waals surface area contributed by atoms with Gasteiger partial charge in [-0.15, -0.1) is 0 Å². The molecule has 0 bridgehead atoms. The Kier molecular flexibility index (Phi) is 7.91. The number of anilines is 3. The van der Waals surface area contributed by atoms with Gasteiger partial charge in [-0.05, 0) is 124 Å². The van der Waals surface area contributed by atoms with E-state index in [1.165, 1.54) is 105 Å². The topological polar surface area (TPSA) is 3.24 Å². The molecule has 310 valence electrons. The third-order valence-electron chi connectivity index (χ3n) is 15.2. The molecule has 10 aromatic rings. The lowest BCUT2D eigenvalue weighted by molar-refractivity contribution is 0.596. The van der Waals surface area contributed by atoms with Crippen molar-refractivity contribution in [1.82, 2.24) is 0 Å². The quantitative estimate of drug-likeness (QED) is 0.171. The lowest BCUT2D eigenvalue weighted by Crippen LogP contribution is -2.25. The van der Waals surface area contributed by atoms with Crippen molar-refractivity contribution in [2.24, 2.45) is 0 Å². The van der Waals surface area contributed by atoms with E-state index >= 15 is 0 Å². The second-order valence-electron chi connectivity index (χ2n) is 20.0. The van der Waals surface area contributed by atoms with Crippen LogP contribution in [-0.4, -0.2) is 0 Å².